The molecule has 0 fully saturated rings. The fourth-order valence-corrected chi connectivity index (χ4v) is 3.63. The molecule has 35 heavy (non-hydrogen) atoms. The van der Waals surface area contributed by atoms with Gasteiger partial charge in [0.15, 0.2) is 17.3 Å². The van der Waals surface area contributed by atoms with Crippen molar-refractivity contribution in [1.82, 2.24) is 21.3 Å². The monoisotopic (exact) mass is 481 g/mol. The van der Waals surface area contributed by atoms with E-state index < -0.39 is 17.5 Å². The van der Waals surface area contributed by atoms with Gasteiger partial charge in [-0.25, -0.2) is 9.80 Å². The first kappa shape index (κ1) is 25.4. The van der Waals surface area contributed by atoms with Gasteiger partial charge in [0.1, 0.15) is 6.61 Å². The molecule has 0 saturated carbocycles. The number of amides is 4. The Balaban J connectivity index is 1.86. The molecular formula is C25H31N5O5. The van der Waals surface area contributed by atoms with Crippen molar-refractivity contribution in [1.29, 1.82) is 0 Å². The molecule has 4 amide bonds. The van der Waals surface area contributed by atoms with Crippen LogP contribution in [0.4, 0.5) is 4.79 Å². The van der Waals surface area contributed by atoms with Gasteiger partial charge < -0.3 is 20.6 Å². The third-order valence-electron chi connectivity index (χ3n) is 5.20. The zero-order valence-corrected chi connectivity index (χ0v) is 20.7. The Hall–Kier alpha value is -4.21. The lowest BCUT2D eigenvalue weighted by Gasteiger charge is -2.36. The molecule has 3 rings (SSSR count). The number of urea groups is 1. The first-order chi connectivity index (χ1) is 16.4. The van der Waals surface area contributed by atoms with Gasteiger partial charge in [-0.3, -0.25) is 20.4 Å². The van der Waals surface area contributed by atoms with E-state index >= 15 is 0 Å². The topological polar surface area (TPSA) is 135 Å². The average molecular weight is 482 g/mol. The van der Waals surface area contributed by atoms with Crippen LogP contribution in [0, 0.1) is 20.8 Å². The van der Waals surface area contributed by atoms with Gasteiger partial charge in [0.25, 0.3) is 11.8 Å². The second-order valence-electron chi connectivity index (χ2n) is 9.33. The number of nitrogens with one attached hydrogen (secondary N) is 3. The predicted octanol–water partition coefficient (Wildman–Crippen LogP) is 2.98. The summed E-state index contributed by atoms with van der Waals surface area (Å²) < 4.78 is 11.6. The van der Waals surface area contributed by atoms with Crippen LogP contribution in [-0.4, -0.2) is 35.0 Å². The number of nitrogens with two attached hydrogens (primary N) is 1. The van der Waals surface area contributed by atoms with Crippen molar-refractivity contribution < 1.29 is 23.9 Å². The van der Waals surface area contributed by atoms with Crippen LogP contribution in [0.25, 0.3) is 0 Å². The van der Waals surface area contributed by atoms with Crippen LogP contribution < -0.4 is 31.5 Å². The number of hydrogen-bond acceptors (Lipinski definition) is 6. The van der Waals surface area contributed by atoms with E-state index in [-0.39, 0.29) is 12.5 Å². The van der Waals surface area contributed by atoms with Gasteiger partial charge in [0.05, 0.1) is 11.7 Å². The maximum atomic E-state index is 13.4. The van der Waals surface area contributed by atoms with Crippen LogP contribution in [0.2, 0.25) is 0 Å². The van der Waals surface area contributed by atoms with E-state index in [1.165, 1.54) is 11.2 Å². The lowest BCUT2D eigenvalue weighted by Crippen LogP contribution is -2.56. The van der Waals surface area contributed by atoms with Crippen LogP contribution in [0.5, 0.6) is 11.5 Å². The minimum absolute atomic E-state index is 0.119. The third kappa shape index (κ3) is 6.03. The van der Waals surface area contributed by atoms with Gasteiger partial charge in [0, 0.05) is 16.7 Å². The third-order valence-corrected chi connectivity index (χ3v) is 5.20. The predicted molar refractivity (Wildman–Crippen MR) is 131 cm³/mol. The number of benzene rings is 2. The second-order valence-corrected chi connectivity index (χ2v) is 9.33. The molecule has 2 aromatic carbocycles. The number of rotatable bonds is 4. The number of ether oxygens (including phenoxy) is 2. The summed E-state index contributed by atoms with van der Waals surface area (Å²) in [6.45, 7) is 11.2. The normalized spacial score (nSPS) is 13.7. The van der Waals surface area contributed by atoms with Gasteiger partial charge in [-0.1, -0.05) is 17.2 Å². The van der Waals surface area contributed by atoms with E-state index in [4.69, 9.17) is 15.2 Å². The van der Waals surface area contributed by atoms with E-state index in [0.717, 1.165) is 11.1 Å². The summed E-state index contributed by atoms with van der Waals surface area (Å²) >= 11 is 0. The first-order valence-electron chi connectivity index (χ1n) is 11.0. The number of hydrogen-bond donors (Lipinski definition) is 4. The summed E-state index contributed by atoms with van der Waals surface area (Å²) in [5.74, 6) is 0.419. The van der Waals surface area contributed by atoms with Gasteiger partial charge in [-0.15, -0.1) is 0 Å². The Morgan fingerprint density at radius 1 is 1.06 bits per heavy atom. The van der Waals surface area contributed by atoms with Gasteiger partial charge in [-0.2, -0.15) is 0 Å². The highest BCUT2D eigenvalue weighted by Crippen LogP contribution is 2.37. The average Bonchev–Trinajstić information content (AvgIpc) is 2.75. The standard InChI is InChI=1S/C25H31N5O5/c1-14-9-15(2)11-17(10-14)23(32)30(25(4,5)6)29-22(31)19-7-8-20-21(16(19)3)35-18(13-34-20)12-27-28-24(26)33/h7-12,27H,13H2,1-6H3,(H,29,31)(H3,26,28,33). The highest BCUT2D eigenvalue weighted by Gasteiger charge is 2.31. The number of fused-ring (bicyclic) bond motifs is 1. The molecule has 0 aromatic heterocycles. The van der Waals surface area contributed by atoms with Crippen LogP contribution >= 0.6 is 0 Å². The van der Waals surface area contributed by atoms with E-state index in [0.29, 0.717) is 33.9 Å². The molecule has 0 bridgehead atoms. The molecule has 0 saturated heterocycles. The molecule has 0 radical (unpaired) electrons. The largest absolute Gasteiger partial charge is 0.482 e. The van der Waals surface area contributed by atoms with Gasteiger partial charge in [-0.05, 0) is 65.8 Å². The zero-order chi connectivity index (χ0) is 25.9. The Kier molecular flexibility index (Phi) is 7.23. The zero-order valence-electron chi connectivity index (χ0n) is 20.7. The maximum Gasteiger partial charge on any atom is 0.330 e. The Morgan fingerprint density at radius 2 is 1.71 bits per heavy atom. The number of aryl methyl sites for hydroxylation is 2. The number of hydrazine groups is 2. The summed E-state index contributed by atoms with van der Waals surface area (Å²) in [4.78, 5) is 37.5. The molecular weight excluding hydrogens is 450 g/mol. The van der Waals surface area contributed by atoms with E-state index in [2.05, 4.69) is 16.3 Å². The molecule has 1 aliphatic rings. The lowest BCUT2D eigenvalue weighted by atomic mass is 10.0. The number of carbonyl (C=O) groups is 3. The molecule has 10 nitrogen and oxygen atoms in total. The molecule has 0 atom stereocenters. The SMILES string of the molecule is Cc1cc(C)cc(C(=O)N(NC(=O)c2ccc3c(c2C)OC(=CNNC(N)=O)CO3)C(C)(C)C)c1. The Morgan fingerprint density at radius 3 is 2.31 bits per heavy atom. The summed E-state index contributed by atoms with van der Waals surface area (Å²) in [5.41, 5.74) is 15.1. The highest BCUT2D eigenvalue weighted by atomic mass is 16.6. The van der Waals surface area contributed by atoms with Crippen LogP contribution in [-0.2, 0) is 0 Å². The molecule has 0 unspecified atom stereocenters. The summed E-state index contributed by atoms with van der Waals surface area (Å²) in [6.07, 6.45) is 1.39. The first-order valence-corrected chi connectivity index (χ1v) is 11.0. The molecule has 2 aromatic rings. The summed E-state index contributed by atoms with van der Waals surface area (Å²) in [6, 6.07) is 8.08. The van der Waals surface area contributed by atoms with Crippen LogP contribution in [0.1, 0.15) is 58.2 Å². The van der Waals surface area contributed by atoms with Crippen molar-refractivity contribution in [2.24, 2.45) is 5.73 Å². The van der Waals surface area contributed by atoms with E-state index in [1.807, 2.05) is 40.7 Å². The van der Waals surface area contributed by atoms with Crippen LogP contribution in [0.3, 0.4) is 0 Å². The van der Waals surface area contributed by atoms with Crippen molar-refractivity contribution >= 4 is 17.8 Å². The molecule has 0 aliphatic carbocycles. The quantitative estimate of drug-likeness (QED) is 0.496. The van der Waals surface area contributed by atoms with E-state index in [9.17, 15) is 14.4 Å². The molecule has 1 heterocycles. The summed E-state index contributed by atoms with van der Waals surface area (Å²) in [5, 5.41) is 1.34. The van der Waals surface area contributed by atoms with Crippen molar-refractivity contribution in [3.63, 3.8) is 0 Å². The minimum atomic E-state index is -0.757. The van der Waals surface area contributed by atoms with Crippen molar-refractivity contribution in [3.8, 4) is 11.5 Å². The maximum absolute atomic E-state index is 13.4. The van der Waals surface area contributed by atoms with E-state index in [1.54, 1.807) is 31.2 Å². The van der Waals surface area contributed by atoms with Crippen molar-refractivity contribution in [3.05, 3.63) is 70.1 Å². The highest BCUT2D eigenvalue weighted by molar-refractivity contribution is 6.00. The lowest BCUT2D eigenvalue weighted by molar-refractivity contribution is 0.0358. The molecule has 1 aliphatic heterocycles. The number of nitrogens with zero attached hydrogens (tertiary/aromatic N) is 1. The fourth-order valence-electron chi connectivity index (χ4n) is 3.63. The Labute approximate surface area is 204 Å². The smallest absolute Gasteiger partial charge is 0.330 e. The van der Waals surface area contributed by atoms with Gasteiger partial charge in [0.2, 0.25) is 0 Å². The Bertz CT molecular complexity index is 1180. The molecule has 10 heteroatoms. The number of carbonyl (C=O) groups excluding carboxylic acids is 3. The molecule has 186 valence electrons. The summed E-state index contributed by atoms with van der Waals surface area (Å²) in [7, 11) is 0. The van der Waals surface area contributed by atoms with Crippen molar-refractivity contribution in [2.45, 2.75) is 47.1 Å². The second kappa shape index (κ2) is 9.96. The van der Waals surface area contributed by atoms with Crippen molar-refractivity contribution in [2.75, 3.05) is 6.61 Å². The fraction of sp³-hybridized carbons (Fsp3) is 0.320. The molecule has 5 N–H and O–H groups in total. The molecule has 0 spiro atoms. The van der Waals surface area contributed by atoms with Crippen LogP contribution in [0.15, 0.2) is 42.3 Å². The number of primary amides is 1. The van der Waals surface area contributed by atoms with Gasteiger partial charge >= 0.3 is 6.03 Å². The minimum Gasteiger partial charge on any atom is -0.482 e.